The molecule has 0 radical (unpaired) electrons. The average Bonchev–Trinajstić information content (AvgIpc) is 2.53. The van der Waals surface area contributed by atoms with Gasteiger partial charge in [0.1, 0.15) is 6.10 Å². The van der Waals surface area contributed by atoms with E-state index in [1.807, 2.05) is 0 Å². The zero-order valence-corrected chi connectivity index (χ0v) is 13.1. The van der Waals surface area contributed by atoms with Gasteiger partial charge in [0.25, 0.3) is 0 Å². The first-order valence-corrected chi connectivity index (χ1v) is 7.99. The Morgan fingerprint density at radius 1 is 0.545 bits per heavy atom. The summed E-state index contributed by atoms with van der Waals surface area (Å²) in [6, 6.07) is 0. The molecule has 2 aliphatic rings. The first-order valence-electron chi connectivity index (χ1n) is 7.99. The van der Waals surface area contributed by atoms with Gasteiger partial charge in [-0.2, -0.15) is 0 Å². The summed E-state index contributed by atoms with van der Waals surface area (Å²) in [5.41, 5.74) is 0. The molecule has 0 amide bonds. The molecule has 130 valence electrons. The molecule has 8 nitrogen and oxygen atoms in total. The van der Waals surface area contributed by atoms with Crippen LogP contribution in [0.25, 0.3) is 0 Å². The summed E-state index contributed by atoms with van der Waals surface area (Å²) in [5.74, 6) is 0. The molecule has 8 heteroatoms. The van der Waals surface area contributed by atoms with E-state index in [4.69, 9.17) is 33.5 Å². The molecule has 0 N–H and O–H groups in total. The van der Waals surface area contributed by atoms with Crippen LogP contribution in [-0.4, -0.2) is 77.6 Å². The second kappa shape index (κ2) is 12.1. The van der Waals surface area contributed by atoms with Gasteiger partial charge in [0, 0.05) is 6.61 Å². The minimum atomic E-state index is -0.0586. The maximum atomic E-state index is 5.82. The van der Waals surface area contributed by atoms with Gasteiger partial charge in [-0.25, -0.2) is 9.68 Å². The smallest absolute Gasteiger partial charge is 0.104 e. The Hall–Kier alpha value is -0.320. The number of rotatable bonds is 0. The van der Waals surface area contributed by atoms with E-state index in [-0.39, 0.29) is 6.10 Å². The fourth-order valence-corrected chi connectivity index (χ4v) is 2.02. The Morgan fingerprint density at radius 3 is 1.95 bits per heavy atom. The molecule has 2 unspecified atom stereocenters. The van der Waals surface area contributed by atoms with Crippen molar-refractivity contribution in [3.05, 3.63) is 0 Å². The quantitative estimate of drug-likeness (QED) is 0.646. The molecule has 0 aromatic heterocycles. The normalized spacial score (nSPS) is 31.6. The molecule has 0 aromatic rings. The van der Waals surface area contributed by atoms with Crippen molar-refractivity contribution in [2.75, 3.05) is 66.1 Å². The molecule has 0 spiro atoms. The molecule has 0 saturated carbocycles. The lowest BCUT2D eigenvalue weighted by molar-refractivity contribution is -0.527. The number of hydrogen-bond donors (Lipinski definition) is 0. The Morgan fingerprint density at radius 2 is 1.14 bits per heavy atom. The van der Waals surface area contributed by atoms with E-state index in [0.29, 0.717) is 66.1 Å². The number of ether oxygens (including phenoxy) is 4. The number of nitrogens with zero attached hydrogens (tertiary/aromatic N) is 1. The van der Waals surface area contributed by atoms with Crippen LogP contribution in [0.5, 0.6) is 0 Å². The highest BCUT2D eigenvalue weighted by molar-refractivity contribution is 4.56. The fourth-order valence-electron chi connectivity index (χ4n) is 2.02. The highest BCUT2D eigenvalue weighted by atomic mass is 17.2. The molecule has 0 aromatic carbocycles. The second-order valence-corrected chi connectivity index (χ2v) is 5.04. The molecule has 2 heterocycles. The topological polar surface area (TPSA) is 67.9 Å². The van der Waals surface area contributed by atoms with Gasteiger partial charge < -0.3 is 18.9 Å². The highest BCUT2D eigenvalue weighted by Gasteiger charge is 2.13. The van der Waals surface area contributed by atoms with E-state index in [9.17, 15) is 0 Å². The van der Waals surface area contributed by atoms with Crippen LogP contribution >= 0.6 is 0 Å². The fraction of sp³-hybridized carbons (Fsp3) is 1.00. The summed E-state index contributed by atoms with van der Waals surface area (Å²) in [6.07, 6.45) is 2.85. The first-order chi connectivity index (χ1) is 10.9. The van der Waals surface area contributed by atoms with Crippen LogP contribution in [0.1, 0.15) is 19.3 Å². The zero-order valence-electron chi connectivity index (χ0n) is 13.1. The van der Waals surface area contributed by atoms with Gasteiger partial charge in [-0.15, -0.1) is 0 Å². The lowest BCUT2D eigenvalue weighted by atomic mass is 10.2. The summed E-state index contributed by atoms with van der Waals surface area (Å²) in [6.45, 7) is 4.83. The van der Waals surface area contributed by atoms with Crippen LogP contribution in [0.15, 0.2) is 0 Å². The van der Waals surface area contributed by atoms with Gasteiger partial charge >= 0.3 is 0 Å². The summed E-state index contributed by atoms with van der Waals surface area (Å²) < 4.78 is 22.4. The van der Waals surface area contributed by atoms with Crippen molar-refractivity contribution in [3.8, 4) is 0 Å². The lowest BCUT2D eigenvalue weighted by Crippen LogP contribution is -2.30. The van der Waals surface area contributed by atoms with Gasteiger partial charge in [0.15, 0.2) is 0 Å². The molecular weight excluding hydrogens is 294 g/mol. The predicted octanol–water partition coefficient (Wildman–Crippen LogP) is 0.716. The van der Waals surface area contributed by atoms with Crippen molar-refractivity contribution < 1.29 is 33.5 Å². The minimum Gasteiger partial charge on any atom is -0.377 e. The molecule has 0 aliphatic carbocycles. The molecule has 22 heavy (non-hydrogen) atoms. The van der Waals surface area contributed by atoms with Crippen molar-refractivity contribution in [1.82, 2.24) is 5.39 Å². The Kier molecular flexibility index (Phi) is 9.95. The van der Waals surface area contributed by atoms with E-state index in [1.54, 1.807) is 0 Å². The SMILES string of the molecule is C1CCOC2COCCOCCON(OCC1)OCCOC2. The Labute approximate surface area is 131 Å². The van der Waals surface area contributed by atoms with E-state index in [0.717, 1.165) is 24.7 Å². The van der Waals surface area contributed by atoms with E-state index in [1.165, 1.54) is 0 Å². The van der Waals surface area contributed by atoms with Crippen molar-refractivity contribution in [3.63, 3.8) is 0 Å². The van der Waals surface area contributed by atoms with Gasteiger partial charge in [0.2, 0.25) is 0 Å². The molecule has 2 atom stereocenters. The Bertz CT molecular complexity index is 246. The molecule has 2 aliphatic heterocycles. The number of hydrogen-bond acceptors (Lipinski definition) is 8. The second-order valence-electron chi connectivity index (χ2n) is 5.04. The summed E-state index contributed by atoms with van der Waals surface area (Å²) in [4.78, 5) is 16.2. The maximum Gasteiger partial charge on any atom is 0.104 e. The first kappa shape index (κ1) is 18.0. The van der Waals surface area contributed by atoms with E-state index < -0.39 is 0 Å². The Balaban J connectivity index is 1.88. The van der Waals surface area contributed by atoms with Crippen molar-refractivity contribution in [1.29, 1.82) is 0 Å². The maximum absolute atomic E-state index is 5.82. The lowest BCUT2D eigenvalue weighted by Gasteiger charge is -2.21. The van der Waals surface area contributed by atoms with Gasteiger partial charge in [-0.3, -0.25) is 4.84 Å². The van der Waals surface area contributed by atoms with Gasteiger partial charge in [0.05, 0.1) is 64.9 Å². The summed E-state index contributed by atoms with van der Waals surface area (Å²) in [7, 11) is 0. The predicted molar refractivity (Wildman–Crippen MR) is 75.7 cm³/mol. The largest absolute Gasteiger partial charge is 0.377 e. The van der Waals surface area contributed by atoms with Crippen LogP contribution in [0.3, 0.4) is 0 Å². The molecule has 2 fully saturated rings. The molecular formula is C14H27NO7. The third-order valence-electron chi connectivity index (χ3n) is 3.17. The van der Waals surface area contributed by atoms with Crippen molar-refractivity contribution in [2.45, 2.75) is 25.4 Å². The van der Waals surface area contributed by atoms with Gasteiger partial charge in [-0.05, 0) is 19.3 Å². The van der Waals surface area contributed by atoms with Crippen LogP contribution in [0, 0.1) is 0 Å². The number of fused-ring (bicyclic) bond motifs is 6. The highest BCUT2D eigenvalue weighted by Crippen LogP contribution is 2.05. The third kappa shape index (κ3) is 8.35. The standard InChI is InChI=1S/C14H27NO7/c1-2-4-19-14-12-17-7-6-16-8-10-21-15(20-5-3-1)22-11-9-18-13-14/h14H,1-13H2. The molecule has 2 bridgehead atoms. The van der Waals surface area contributed by atoms with E-state index in [2.05, 4.69) is 0 Å². The van der Waals surface area contributed by atoms with Crippen LogP contribution in [0.2, 0.25) is 0 Å². The third-order valence-corrected chi connectivity index (χ3v) is 3.17. The average molecular weight is 321 g/mol. The monoisotopic (exact) mass is 321 g/mol. The summed E-state index contributed by atoms with van der Waals surface area (Å²) in [5, 5.41) is 1.07. The van der Waals surface area contributed by atoms with Crippen molar-refractivity contribution >= 4 is 0 Å². The summed E-state index contributed by atoms with van der Waals surface area (Å²) >= 11 is 0. The van der Waals surface area contributed by atoms with Crippen LogP contribution in [-0.2, 0) is 33.5 Å². The minimum absolute atomic E-state index is 0.0586. The molecule has 2 saturated heterocycles. The van der Waals surface area contributed by atoms with Crippen LogP contribution in [0.4, 0.5) is 0 Å². The zero-order chi connectivity index (χ0) is 15.3. The van der Waals surface area contributed by atoms with E-state index >= 15 is 0 Å². The molecule has 2 rings (SSSR count). The van der Waals surface area contributed by atoms with Gasteiger partial charge in [-0.1, -0.05) is 0 Å². The van der Waals surface area contributed by atoms with Crippen LogP contribution < -0.4 is 0 Å². The van der Waals surface area contributed by atoms with Crippen molar-refractivity contribution in [2.24, 2.45) is 0 Å².